The van der Waals surface area contributed by atoms with E-state index in [-0.39, 0.29) is 94.4 Å². The van der Waals surface area contributed by atoms with Gasteiger partial charge in [0.05, 0.1) is 24.8 Å². The molecule has 0 bridgehead atoms. The number of aromatic hydroxyl groups is 2. The lowest BCUT2D eigenvalue weighted by Crippen LogP contribution is -2.62. The molecule has 10 rings (SSSR count). The number of carboxylic acid groups (broad SMARTS) is 1. The first-order chi connectivity index (χ1) is 65.3. The van der Waals surface area contributed by atoms with Crippen LogP contribution in [0.2, 0.25) is 0 Å². The molecule has 4 heterocycles. The van der Waals surface area contributed by atoms with E-state index in [4.69, 9.17) is 10.5 Å². The predicted octanol–water partition coefficient (Wildman–Crippen LogP) is 1.77. The molecule has 7 aromatic rings. The summed E-state index contributed by atoms with van der Waals surface area (Å²) in [4.78, 5) is 247. The van der Waals surface area contributed by atoms with Crippen LogP contribution in [0.5, 0.6) is 11.5 Å². The summed E-state index contributed by atoms with van der Waals surface area (Å²) in [5.74, 6) is -24.7. The molecule has 0 spiro atoms. The molecule has 137 heavy (non-hydrogen) atoms. The van der Waals surface area contributed by atoms with Crippen molar-refractivity contribution in [2.45, 2.75) is 195 Å². The van der Waals surface area contributed by atoms with Crippen molar-refractivity contribution in [3.63, 3.8) is 0 Å². The molecule has 734 valence electrons. The van der Waals surface area contributed by atoms with Crippen LogP contribution in [0.3, 0.4) is 0 Å². The Morgan fingerprint density at radius 2 is 1.04 bits per heavy atom. The number of hydrogen-bond acceptors (Lipinski definition) is 21. The number of thioether (sulfide) groups is 1. The molecule has 37 nitrogen and oxygen atoms in total. The van der Waals surface area contributed by atoms with E-state index in [1.807, 2.05) is 0 Å². The first-order valence-electron chi connectivity index (χ1n) is 45.0. The number of para-hydroxylation sites is 1. The van der Waals surface area contributed by atoms with Crippen LogP contribution in [-0.2, 0) is 120 Å². The number of rotatable bonds is 24. The van der Waals surface area contributed by atoms with E-state index in [1.54, 1.807) is 98.0 Å². The molecular weight excluding hydrogens is 1800 g/mol. The van der Waals surface area contributed by atoms with Crippen molar-refractivity contribution in [1.29, 1.82) is 0 Å². The lowest BCUT2D eigenvalue weighted by Gasteiger charge is -2.38. The van der Waals surface area contributed by atoms with Gasteiger partial charge in [0.25, 0.3) is 0 Å². The number of aliphatic hydroxyl groups is 1. The van der Waals surface area contributed by atoms with Crippen molar-refractivity contribution < 1.29 is 115 Å². The van der Waals surface area contributed by atoms with Crippen LogP contribution in [0.4, 0.5) is 13.2 Å². The van der Waals surface area contributed by atoms with Gasteiger partial charge in [0.2, 0.25) is 88.6 Å². The second-order valence-corrected chi connectivity index (χ2v) is 35.7. The van der Waals surface area contributed by atoms with Crippen molar-refractivity contribution in [3.05, 3.63) is 203 Å². The topological polar surface area (TPSA) is 530 Å². The number of halogens is 3. The summed E-state index contributed by atoms with van der Waals surface area (Å²) in [6.07, 6.45) is -3.54. The molecule has 3 fully saturated rings. The summed E-state index contributed by atoms with van der Waals surface area (Å²) in [6.45, 7) is 3.12. The van der Waals surface area contributed by atoms with E-state index in [2.05, 4.69) is 52.8 Å². The zero-order valence-electron chi connectivity index (χ0n) is 76.8. The summed E-state index contributed by atoms with van der Waals surface area (Å²) >= 11 is 0.641. The molecule has 3 saturated heterocycles. The number of carboxylic acids is 1. The lowest BCUT2D eigenvalue weighted by atomic mass is 9.98. The molecular formula is C96H117F3N16O21S. The first kappa shape index (κ1) is 105. The minimum absolute atomic E-state index is 0.0156. The summed E-state index contributed by atoms with van der Waals surface area (Å²) in [5.41, 5.74) is 7.79. The van der Waals surface area contributed by atoms with Crippen LogP contribution >= 0.6 is 11.8 Å². The number of likely N-dealkylation sites (N-methyl/N-ethyl adjacent to an activating group) is 3. The first-order valence-corrected chi connectivity index (χ1v) is 46.1. The maximum absolute atomic E-state index is 15.8. The average molecular weight is 1920 g/mol. The Hall–Kier alpha value is -14.0. The Labute approximate surface area is 792 Å². The summed E-state index contributed by atoms with van der Waals surface area (Å²) in [6, 6.07) is 14.0. The van der Waals surface area contributed by atoms with Gasteiger partial charge in [0, 0.05) is 116 Å². The van der Waals surface area contributed by atoms with E-state index >= 15 is 51.9 Å². The van der Waals surface area contributed by atoms with Gasteiger partial charge in [-0.2, -0.15) is 0 Å². The minimum Gasteiger partial charge on any atom is -0.508 e. The molecule has 14 atom stereocenters. The number of H-pyrrole nitrogens is 1. The highest BCUT2D eigenvalue weighted by molar-refractivity contribution is 8.00. The van der Waals surface area contributed by atoms with Crippen LogP contribution in [0.1, 0.15) is 106 Å². The largest absolute Gasteiger partial charge is 0.508 e. The molecule has 0 saturated carbocycles. The van der Waals surface area contributed by atoms with Gasteiger partial charge in [0.15, 0.2) is 17.5 Å². The zero-order chi connectivity index (χ0) is 99.6. The number of unbranched alkanes of at least 4 members (excludes halogenated alkanes) is 1. The molecule has 0 unspecified atom stereocenters. The molecule has 15 amide bonds. The Kier molecular flexibility index (Phi) is 38.0. The van der Waals surface area contributed by atoms with Crippen molar-refractivity contribution in [3.8, 4) is 11.5 Å². The lowest BCUT2D eigenvalue weighted by molar-refractivity contribution is -0.152. The van der Waals surface area contributed by atoms with Crippen LogP contribution in [-0.4, -0.2) is 295 Å². The van der Waals surface area contributed by atoms with E-state index < -0.39 is 246 Å². The molecule has 1 aromatic heterocycles. The predicted molar refractivity (Wildman–Crippen MR) is 495 cm³/mol. The summed E-state index contributed by atoms with van der Waals surface area (Å²) in [5, 5.41) is 66.8. The third kappa shape index (κ3) is 28.8. The van der Waals surface area contributed by atoms with E-state index in [0.29, 0.717) is 69.0 Å². The molecule has 41 heteroatoms. The fourth-order valence-corrected chi connectivity index (χ4v) is 17.7. The van der Waals surface area contributed by atoms with Crippen molar-refractivity contribution in [1.82, 2.24) is 77.3 Å². The van der Waals surface area contributed by atoms with Crippen LogP contribution in [0.25, 0.3) is 10.9 Å². The number of methoxy groups -OCH3 is 1. The SMILES string of the molecule is CCCC[C@H]1C(=O)N2C[C@H](O)C[C@@H]2C(=O)N[C@@H](CC(=O)O)C(=O)N[C@@H](C(C)C)C(=O)N(C)[C@@H](Cc2ccccc2)C(=O)N[C@@H](Cc2ccc(O)cc2)C(=O)N2CCC[C@@H]2C(=O)N[C@@H](Cc2c[nH]c3ccccc23)C(=O)N[C@@H](Cc2ccc(O)cc2)C(=O)N[C@@H](CCOC)C(=O)N[C@H](C(=O)NCC(N)=O)CSCC(=O)N[C@@H](Cc2cc(F)c(F)c(F)c2)C(=O)N(C)[C@@H](Cc2ccccc2)C(=O)N1C. The normalized spacial score (nSPS) is 23.7. The Morgan fingerprint density at radius 1 is 0.533 bits per heavy atom. The van der Waals surface area contributed by atoms with Gasteiger partial charge in [-0.05, 0) is 107 Å². The second-order valence-electron chi connectivity index (χ2n) is 34.7. The highest BCUT2D eigenvalue weighted by atomic mass is 32.2. The molecule has 16 N–H and O–H groups in total. The monoisotopic (exact) mass is 1920 g/mol. The number of fused-ring (bicyclic) bond motifs is 3. The molecule has 6 aromatic carbocycles. The van der Waals surface area contributed by atoms with Gasteiger partial charge in [-0.25, -0.2) is 13.2 Å². The second kappa shape index (κ2) is 49.5. The number of aromatic amines is 1. The van der Waals surface area contributed by atoms with Gasteiger partial charge >= 0.3 is 5.97 Å². The summed E-state index contributed by atoms with van der Waals surface area (Å²) < 4.78 is 50.5. The smallest absolute Gasteiger partial charge is 0.305 e. The van der Waals surface area contributed by atoms with Gasteiger partial charge < -0.3 is 108 Å². The van der Waals surface area contributed by atoms with E-state index in [9.17, 15) is 58.4 Å². The zero-order valence-corrected chi connectivity index (χ0v) is 77.6. The number of nitrogens with zero attached hydrogens (tertiary/aromatic N) is 5. The number of primary amides is 1. The highest BCUT2D eigenvalue weighted by Gasteiger charge is 2.48. The van der Waals surface area contributed by atoms with Gasteiger partial charge in [0.1, 0.15) is 90.0 Å². The number of carbonyl (C=O) groups excluding carboxylic acids is 15. The molecule has 0 radical (unpaired) electrons. The van der Waals surface area contributed by atoms with Crippen molar-refractivity contribution in [2.75, 3.05) is 66.0 Å². The van der Waals surface area contributed by atoms with Crippen LogP contribution < -0.4 is 53.6 Å². The number of aliphatic hydroxyl groups excluding tert-OH is 1. The number of aliphatic carboxylic acids is 1. The number of nitrogens with two attached hydrogens (primary N) is 1. The number of ether oxygens (including phenoxy) is 1. The maximum Gasteiger partial charge on any atom is 0.305 e. The standard InChI is InChI=1S/C96H117F3N16O21S/c1-8-9-25-75-95(134)115-50-62(118)46-77(115)91(130)107-70(47-81(121)122)88(127)110-83(53(2)3)96(135)112(5)76(43-54-19-12-10-13-20-54)90(129)108-72(41-57-29-33-61(117)34-30-57)93(132)114-36-18-26-74(114)89(128)106-69(45-59-48-101-66-24-17-16-23-63(59)66)87(126)105-68(40-56-27-31-60(116)32-28-56)86(125)104-67(35-37-136-7)85(124)109-73(84(123)102-49-79(100)119)51-137-52-80(120)103-71(42-58-38-64(97)82(99)65(98)39-58)92(131)113(6)78(94(133)111(75)4)44-55-21-14-11-15-22-55/h10-17,19-24,27-34,38-39,48,53,62,67-78,83,101,116-118H,8-9,18,25-26,35-37,40-47,49-52H2,1-7H3,(H2,100,119)(H,102,123)(H,103,120)(H,104,125)(H,105,126)(H,106,128)(H,107,130)(H,108,129)(H,109,124)(H,110,127)(H,121,122)/t62-,67+,68+,69+,70+,71+,72+,73+,74-,75+,76+,77-,78+,83+/m1/s1. The maximum atomic E-state index is 15.8. The number of aromatic nitrogens is 1. The fraction of sp³-hybridized carbons (Fsp3) is 0.438. The number of phenols is 2. The number of amides is 15. The molecule has 0 aliphatic carbocycles. The van der Waals surface area contributed by atoms with Gasteiger partial charge in [-0.15, -0.1) is 11.8 Å². The van der Waals surface area contributed by atoms with E-state index in [0.717, 1.165) is 26.6 Å². The number of benzene rings is 6. The molecule has 3 aliphatic heterocycles. The number of carbonyl (C=O) groups is 16. The minimum atomic E-state index is -2.04. The van der Waals surface area contributed by atoms with Crippen molar-refractivity contribution in [2.24, 2.45) is 11.7 Å². The Balaban J connectivity index is 1.06. The van der Waals surface area contributed by atoms with Crippen LogP contribution in [0.15, 0.2) is 152 Å². The average Bonchev–Trinajstić information content (AvgIpc) is 1.68. The highest BCUT2D eigenvalue weighted by Crippen LogP contribution is 2.29. The number of hydrogen-bond donors (Lipinski definition) is 15. The number of phenolic OH excluding ortho intramolecular Hbond substituents is 2. The fourth-order valence-electron chi connectivity index (χ4n) is 16.8. The van der Waals surface area contributed by atoms with Crippen LogP contribution in [0, 0.1) is 23.4 Å². The third-order valence-electron chi connectivity index (χ3n) is 24.3. The van der Waals surface area contributed by atoms with Gasteiger partial charge in [-0.3, -0.25) is 76.7 Å². The van der Waals surface area contributed by atoms with Gasteiger partial charge in [-0.1, -0.05) is 137 Å². The number of nitrogens with one attached hydrogen (secondary N) is 10. The summed E-state index contributed by atoms with van der Waals surface area (Å²) in [7, 11) is 4.93. The Bertz CT molecular complexity index is 5470. The molecule has 3 aliphatic rings. The third-order valence-corrected chi connectivity index (χ3v) is 25.4. The quantitative estimate of drug-likeness (QED) is 0.0383. The van der Waals surface area contributed by atoms with Crippen molar-refractivity contribution >= 4 is 117 Å². The Morgan fingerprint density at radius 3 is 1.64 bits per heavy atom. The van der Waals surface area contributed by atoms with E-state index in [1.165, 1.54) is 88.5 Å².